The van der Waals surface area contributed by atoms with E-state index in [1.54, 1.807) is 0 Å². The van der Waals surface area contributed by atoms with E-state index in [0.717, 1.165) is 37.4 Å². The van der Waals surface area contributed by atoms with E-state index >= 15 is 0 Å². The Hall–Kier alpha value is -1.29. The maximum absolute atomic E-state index is 12.6. The van der Waals surface area contributed by atoms with Gasteiger partial charge in [0, 0.05) is 31.9 Å². The summed E-state index contributed by atoms with van der Waals surface area (Å²) in [7, 11) is 1.96. The standard InChI is InChI=1S/C15H25N3O/c1-4-10-18(11-13-6-5-9-16-13)15(19)14-8-7-12(2)17(14)3/h7-8,13,16H,4-6,9-11H2,1-3H3. The molecule has 106 valence electrons. The van der Waals surface area contributed by atoms with E-state index in [2.05, 4.69) is 12.2 Å². The predicted octanol–water partition coefficient (Wildman–Crippen LogP) is 1.94. The quantitative estimate of drug-likeness (QED) is 0.881. The van der Waals surface area contributed by atoms with Gasteiger partial charge in [0.15, 0.2) is 0 Å². The van der Waals surface area contributed by atoms with Gasteiger partial charge in [0.25, 0.3) is 5.91 Å². The molecule has 1 amide bonds. The minimum Gasteiger partial charge on any atom is -0.344 e. The molecule has 4 heteroatoms. The van der Waals surface area contributed by atoms with E-state index < -0.39 is 0 Å². The molecule has 4 nitrogen and oxygen atoms in total. The van der Waals surface area contributed by atoms with E-state index in [9.17, 15) is 4.79 Å². The van der Waals surface area contributed by atoms with Gasteiger partial charge in [0.2, 0.25) is 0 Å². The fourth-order valence-corrected chi connectivity index (χ4v) is 2.71. The van der Waals surface area contributed by atoms with Crippen LogP contribution in [0, 0.1) is 6.92 Å². The summed E-state index contributed by atoms with van der Waals surface area (Å²) in [4.78, 5) is 14.6. The van der Waals surface area contributed by atoms with Crippen molar-refractivity contribution < 1.29 is 4.79 Å². The molecule has 0 aromatic carbocycles. The van der Waals surface area contributed by atoms with Crippen LogP contribution in [0.2, 0.25) is 0 Å². The van der Waals surface area contributed by atoms with Crippen molar-refractivity contribution in [2.24, 2.45) is 7.05 Å². The van der Waals surface area contributed by atoms with Crippen LogP contribution in [0.3, 0.4) is 0 Å². The number of hydrogen-bond donors (Lipinski definition) is 1. The minimum absolute atomic E-state index is 0.158. The van der Waals surface area contributed by atoms with Gasteiger partial charge in [-0.25, -0.2) is 0 Å². The summed E-state index contributed by atoms with van der Waals surface area (Å²) in [5.74, 6) is 0.158. The smallest absolute Gasteiger partial charge is 0.270 e. The van der Waals surface area contributed by atoms with Gasteiger partial charge in [-0.1, -0.05) is 6.92 Å². The Bertz CT molecular complexity index is 433. The molecule has 0 spiro atoms. The Balaban J connectivity index is 2.09. The van der Waals surface area contributed by atoms with Gasteiger partial charge >= 0.3 is 0 Å². The molecule has 19 heavy (non-hydrogen) atoms. The number of rotatable bonds is 5. The van der Waals surface area contributed by atoms with Crippen LogP contribution in [0.5, 0.6) is 0 Å². The molecule has 1 aromatic rings. The highest BCUT2D eigenvalue weighted by Gasteiger charge is 2.23. The normalized spacial score (nSPS) is 18.8. The number of aryl methyl sites for hydroxylation is 1. The van der Waals surface area contributed by atoms with E-state index in [-0.39, 0.29) is 5.91 Å². The first-order chi connectivity index (χ1) is 9.13. The van der Waals surface area contributed by atoms with Gasteiger partial charge in [-0.15, -0.1) is 0 Å². The molecule has 1 aliphatic heterocycles. The summed E-state index contributed by atoms with van der Waals surface area (Å²) in [5.41, 5.74) is 1.92. The van der Waals surface area contributed by atoms with Crippen molar-refractivity contribution >= 4 is 5.91 Å². The van der Waals surface area contributed by atoms with Gasteiger partial charge < -0.3 is 14.8 Å². The minimum atomic E-state index is 0.158. The molecular formula is C15H25N3O. The van der Waals surface area contributed by atoms with E-state index in [0.29, 0.717) is 6.04 Å². The van der Waals surface area contributed by atoms with Gasteiger partial charge in [0.1, 0.15) is 5.69 Å². The van der Waals surface area contributed by atoms with Crippen LogP contribution in [-0.2, 0) is 7.05 Å². The van der Waals surface area contributed by atoms with Crippen molar-refractivity contribution in [1.82, 2.24) is 14.8 Å². The maximum Gasteiger partial charge on any atom is 0.270 e. The van der Waals surface area contributed by atoms with Crippen LogP contribution in [0.25, 0.3) is 0 Å². The summed E-state index contributed by atoms with van der Waals surface area (Å²) in [6.45, 7) is 6.90. The molecule has 1 fully saturated rings. The van der Waals surface area contributed by atoms with Gasteiger partial charge in [-0.05, 0) is 44.9 Å². The van der Waals surface area contributed by atoms with Crippen LogP contribution in [0.4, 0.5) is 0 Å². The maximum atomic E-state index is 12.6. The third-order valence-corrected chi connectivity index (χ3v) is 3.98. The molecule has 1 aliphatic rings. The average molecular weight is 263 g/mol. The zero-order valence-corrected chi connectivity index (χ0v) is 12.3. The first kappa shape index (κ1) is 14.1. The third kappa shape index (κ3) is 3.18. The van der Waals surface area contributed by atoms with Crippen LogP contribution in [-0.4, -0.2) is 41.1 Å². The molecular weight excluding hydrogens is 238 g/mol. The van der Waals surface area contributed by atoms with Gasteiger partial charge in [-0.3, -0.25) is 4.79 Å². The Labute approximate surface area is 115 Å². The van der Waals surface area contributed by atoms with Crippen molar-refractivity contribution in [2.45, 2.75) is 39.2 Å². The number of amides is 1. The Morgan fingerprint density at radius 2 is 2.32 bits per heavy atom. The lowest BCUT2D eigenvalue weighted by Crippen LogP contribution is -2.42. The average Bonchev–Trinajstić information content (AvgIpc) is 3.00. The van der Waals surface area contributed by atoms with E-state index in [1.165, 1.54) is 12.8 Å². The van der Waals surface area contributed by atoms with Crippen LogP contribution < -0.4 is 5.32 Å². The molecule has 0 radical (unpaired) electrons. The van der Waals surface area contributed by atoms with Crippen molar-refractivity contribution in [1.29, 1.82) is 0 Å². The molecule has 0 aliphatic carbocycles. The summed E-state index contributed by atoms with van der Waals surface area (Å²) in [5, 5.41) is 3.47. The molecule has 1 N–H and O–H groups in total. The lowest BCUT2D eigenvalue weighted by Gasteiger charge is -2.25. The van der Waals surface area contributed by atoms with Crippen LogP contribution >= 0.6 is 0 Å². The summed E-state index contributed by atoms with van der Waals surface area (Å²) < 4.78 is 1.98. The van der Waals surface area contributed by atoms with E-state index in [1.807, 2.05) is 35.6 Å². The van der Waals surface area contributed by atoms with Gasteiger partial charge in [-0.2, -0.15) is 0 Å². The predicted molar refractivity (Wildman–Crippen MR) is 77.4 cm³/mol. The second-order valence-corrected chi connectivity index (χ2v) is 5.46. The fourth-order valence-electron chi connectivity index (χ4n) is 2.71. The van der Waals surface area contributed by atoms with Gasteiger partial charge in [0.05, 0.1) is 0 Å². The largest absolute Gasteiger partial charge is 0.344 e. The first-order valence-electron chi connectivity index (χ1n) is 7.28. The molecule has 1 atom stereocenters. The fraction of sp³-hybridized carbons (Fsp3) is 0.667. The number of nitrogens with zero attached hydrogens (tertiary/aromatic N) is 2. The number of carbonyl (C=O) groups excluding carboxylic acids is 1. The highest BCUT2D eigenvalue weighted by molar-refractivity contribution is 5.93. The highest BCUT2D eigenvalue weighted by Crippen LogP contribution is 2.13. The van der Waals surface area contributed by atoms with Crippen LogP contribution in [0.15, 0.2) is 12.1 Å². The molecule has 1 aromatic heterocycles. The number of hydrogen-bond acceptors (Lipinski definition) is 2. The second kappa shape index (κ2) is 6.24. The summed E-state index contributed by atoms with van der Waals surface area (Å²) in [6, 6.07) is 4.41. The zero-order valence-electron chi connectivity index (χ0n) is 12.3. The molecule has 2 rings (SSSR count). The Kier molecular flexibility index (Phi) is 4.64. The lowest BCUT2D eigenvalue weighted by molar-refractivity contribution is 0.0732. The SMILES string of the molecule is CCCN(CC1CCCN1)C(=O)c1ccc(C)n1C. The Morgan fingerprint density at radius 3 is 2.84 bits per heavy atom. The number of carbonyl (C=O) groups is 1. The van der Waals surface area contributed by atoms with Crippen molar-refractivity contribution in [3.8, 4) is 0 Å². The third-order valence-electron chi connectivity index (χ3n) is 3.98. The molecule has 2 heterocycles. The summed E-state index contributed by atoms with van der Waals surface area (Å²) >= 11 is 0. The number of nitrogens with one attached hydrogen (secondary N) is 1. The van der Waals surface area contributed by atoms with Crippen molar-refractivity contribution in [2.75, 3.05) is 19.6 Å². The lowest BCUT2D eigenvalue weighted by atomic mass is 10.2. The van der Waals surface area contributed by atoms with Crippen molar-refractivity contribution in [3.63, 3.8) is 0 Å². The second-order valence-electron chi connectivity index (χ2n) is 5.46. The van der Waals surface area contributed by atoms with Crippen LogP contribution in [0.1, 0.15) is 42.4 Å². The zero-order chi connectivity index (χ0) is 13.8. The monoisotopic (exact) mass is 263 g/mol. The molecule has 0 bridgehead atoms. The van der Waals surface area contributed by atoms with Crippen molar-refractivity contribution in [3.05, 3.63) is 23.5 Å². The van der Waals surface area contributed by atoms with E-state index in [4.69, 9.17) is 0 Å². The molecule has 1 unspecified atom stereocenters. The number of aromatic nitrogens is 1. The molecule has 1 saturated heterocycles. The first-order valence-corrected chi connectivity index (χ1v) is 7.28. The highest BCUT2D eigenvalue weighted by atomic mass is 16.2. The topological polar surface area (TPSA) is 37.3 Å². The Morgan fingerprint density at radius 1 is 1.53 bits per heavy atom. The molecule has 0 saturated carbocycles. The summed E-state index contributed by atoms with van der Waals surface area (Å²) in [6.07, 6.45) is 3.41.